The molecule has 0 atom stereocenters. The standard InChI is InChI=1S/C28H25ClN2O3/c1-4-21(12-10-19(2)22-8-6-5-7-9-22)13-15-25-26(16-17-29)31-28(30-25)34-23-14-11-20(3)24(18-23)27(32)33/h4-18H,1H2,2-3H3,(H,30,31)(H,32,33)/b15-13+,17-16+,19-10+,21-12+. The van der Waals surface area contributed by atoms with E-state index in [1.54, 1.807) is 31.2 Å². The number of nitrogens with one attached hydrogen (secondary N) is 1. The molecule has 0 bridgehead atoms. The predicted molar refractivity (Wildman–Crippen MR) is 139 cm³/mol. The Morgan fingerprint density at radius 3 is 2.59 bits per heavy atom. The first kappa shape index (κ1) is 24.6. The van der Waals surface area contributed by atoms with Gasteiger partial charge in [0.25, 0.3) is 6.01 Å². The molecule has 2 N–H and O–H groups in total. The molecule has 0 radical (unpaired) electrons. The van der Waals surface area contributed by atoms with E-state index in [2.05, 4.69) is 35.6 Å². The zero-order valence-electron chi connectivity index (χ0n) is 19.0. The number of ether oxygens (including phenoxy) is 1. The minimum atomic E-state index is -1.02. The molecule has 0 amide bonds. The van der Waals surface area contributed by atoms with Gasteiger partial charge in [0.05, 0.1) is 17.0 Å². The number of carbonyl (C=O) groups is 1. The number of aromatic nitrogens is 2. The Kier molecular flexibility index (Phi) is 8.43. The molecule has 3 aromatic rings. The summed E-state index contributed by atoms with van der Waals surface area (Å²) in [5, 5.41) is 9.33. The lowest BCUT2D eigenvalue weighted by Crippen LogP contribution is -2.00. The highest BCUT2D eigenvalue weighted by molar-refractivity contribution is 6.27. The molecule has 1 aromatic heterocycles. The number of aromatic carboxylic acids is 1. The van der Waals surface area contributed by atoms with Gasteiger partial charge in [-0.2, -0.15) is 4.98 Å². The van der Waals surface area contributed by atoms with E-state index in [-0.39, 0.29) is 11.6 Å². The van der Waals surface area contributed by atoms with Gasteiger partial charge in [-0.1, -0.05) is 78.9 Å². The zero-order valence-corrected chi connectivity index (χ0v) is 19.7. The molecule has 5 nitrogen and oxygen atoms in total. The van der Waals surface area contributed by atoms with Crippen LogP contribution in [0.4, 0.5) is 0 Å². The molecule has 6 heteroatoms. The molecule has 2 aromatic carbocycles. The lowest BCUT2D eigenvalue weighted by molar-refractivity contribution is 0.0695. The first-order valence-electron chi connectivity index (χ1n) is 10.5. The molecule has 3 rings (SSSR count). The third-order valence-corrected chi connectivity index (χ3v) is 5.17. The maximum absolute atomic E-state index is 11.4. The molecule has 0 saturated heterocycles. The van der Waals surface area contributed by atoms with E-state index < -0.39 is 5.97 Å². The van der Waals surface area contributed by atoms with E-state index in [0.29, 0.717) is 22.7 Å². The van der Waals surface area contributed by atoms with Crippen molar-refractivity contribution in [3.63, 3.8) is 0 Å². The number of nitrogens with zero attached hydrogens (tertiary/aromatic N) is 1. The number of aryl methyl sites for hydroxylation is 1. The number of imidazole rings is 1. The monoisotopic (exact) mass is 472 g/mol. The number of aromatic amines is 1. The van der Waals surface area contributed by atoms with Crippen molar-refractivity contribution in [2.24, 2.45) is 0 Å². The molecular weight excluding hydrogens is 448 g/mol. The third kappa shape index (κ3) is 6.47. The number of halogens is 1. The molecule has 0 aliphatic rings. The number of hydrogen-bond donors (Lipinski definition) is 2. The quantitative estimate of drug-likeness (QED) is 0.313. The van der Waals surface area contributed by atoms with Gasteiger partial charge in [-0.25, -0.2) is 4.79 Å². The van der Waals surface area contributed by atoms with Gasteiger partial charge in [0.2, 0.25) is 0 Å². The van der Waals surface area contributed by atoms with Crippen LogP contribution in [0.5, 0.6) is 11.8 Å². The molecule has 0 unspecified atom stereocenters. The molecule has 0 spiro atoms. The van der Waals surface area contributed by atoms with Gasteiger partial charge < -0.3 is 14.8 Å². The molecule has 0 aliphatic heterocycles. The molecule has 34 heavy (non-hydrogen) atoms. The first-order chi connectivity index (χ1) is 16.4. The molecule has 0 saturated carbocycles. The Bertz CT molecular complexity index is 1300. The summed E-state index contributed by atoms with van der Waals surface area (Å²) >= 11 is 5.79. The van der Waals surface area contributed by atoms with Crippen molar-refractivity contribution in [2.75, 3.05) is 0 Å². The topological polar surface area (TPSA) is 75.2 Å². The van der Waals surface area contributed by atoms with Crippen molar-refractivity contribution in [3.8, 4) is 11.8 Å². The normalized spacial score (nSPS) is 12.4. The number of allylic oxidation sites excluding steroid dienone is 6. The number of carboxylic acid groups (broad SMARTS) is 1. The van der Waals surface area contributed by atoms with Crippen LogP contribution in [0.15, 0.2) is 90.5 Å². The van der Waals surface area contributed by atoms with Crippen molar-refractivity contribution in [1.29, 1.82) is 0 Å². The van der Waals surface area contributed by atoms with E-state index in [1.807, 2.05) is 42.5 Å². The summed E-state index contributed by atoms with van der Waals surface area (Å²) in [5.41, 5.74) is 6.62. The van der Waals surface area contributed by atoms with Gasteiger partial charge in [0, 0.05) is 5.54 Å². The molecule has 0 fully saturated rings. The smallest absolute Gasteiger partial charge is 0.336 e. The Morgan fingerprint density at radius 1 is 1.15 bits per heavy atom. The van der Waals surface area contributed by atoms with Crippen LogP contribution in [0.2, 0.25) is 0 Å². The maximum atomic E-state index is 11.4. The van der Waals surface area contributed by atoms with Crippen molar-refractivity contribution >= 4 is 35.3 Å². The lowest BCUT2D eigenvalue weighted by atomic mass is 10.1. The van der Waals surface area contributed by atoms with Crippen LogP contribution >= 0.6 is 11.6 Å². The Hall–Kier alpha value is -4.09. The SMILES string of the molecule is C=CC(/C=C/c1nc(Oc2ccc(C)c(C(=O)O)c2)[nH]c1/C=C/Cl)=C\C=C(/C)c1ccccc1. The van der Waals surface area contributed by atoms with Gasteiger partial charge in [-0.3, -0.25) is 0 Å². The highest BCUT2D eigenvalue weighted by Gasteiger charge is 2.12. The second-order valence-electron chi connectivity index (χ2n) is 7.44. The first-order valence-corrected chi connectivity index (χ1v) is 11.0. The van der Waals surface area contributed by atoms with E-state index in [1.165, 1.54) is 11.6 Å². The summed E-state index contributed by atoms with van der Waals surface area (Å²) in [6.45, 7) is 7.67. The number of rotatable bonds is 9. The molecule has 0 aliphatic carbocycles. The minimum absolute atomic E-state index is 0.171. The summed E-state index contributed by atoms with van der Waals surface area (Å²) in [7, 11) is 0. The van der Waals surface area contributed by atoms with Gasteiger partial charge in [-0.15, -0.1) is 0 Å². The fourth-order valence-corrected chi connectivity index (χ4v) is 3.26. The van der Waals surface area contributed by atoms with Crippen LogP contribution in [0.25, 0.3) is 17.7 Å². The van der Waals surface area contributed by atoms with Crippen LogP contribution < -0.4 is 4.74 Å². The van der Waals surface area contributed by atoms with Crippen LogP contribution in [0.1, 0.15) is 39.8 Å². The fraction of sp³-hybridized carbons (Fsp3) is 0.0714. The highest BCUT2D eigenvalue weighted by Crippen LogP contribution is 2.25. The highest BCUT2D eigenvalue weighted by atomic mass is 35.5. The fourth-order valence-electron chi connectivity index (χ4n) is 3.13. The van der Waals surface area contributed by atoms with Gasteiger partial charge in [0.15, 0.2) is 0 Å². The zero-order chi connectivity index (χ0) is 24.5. The number of hydrogen-bond acceptors (Lipinski definition) is 3. The second-order valence-corrected chi connectivity index (χ2v) is 7.69. The minimum Gasteiger partial charge on any atom is -0.478 e. The van der Waals surface area contributed by atoms with E-state index in [0.717, 1.165) is 16.7 Å². The summed E-state index contributed by atoms with van der Waals surface area (Å²) in [4.78, 5) is 18.9. The Labute approximate surface area is 204 Å². The van der Waals surface area contributed by atoms with Crippen LogP contribution in [-0.4, -0.2) is 21.0 Å². The predicted octanol–water partition coefficient (Wildman–Crippen LogP) is 7.65. The molecule has 172 valence electrons. The summed E-state index contributed by atoms with van der Waals surface area (Å²) in [6, 6.07) is 15.2. The number of carboxylic acids is 1. The van der Waals surface area contributed by atoms with Gasteiger partial charge in [0.1, 0.15) is 5.75 Å². The molecular formula is C28H25ClN2O3. The molecule has 1 heterocycles. The van der Waals surface area contributed by atoms with E-state index in [4.69, 9.17) is 16.3 Å². The second kappa shape index (κ2) is 11.7. The van der Waals surface area contributed by atoms with Crippen molar-refractivity contribution in [2.45, 2.75) is 13.8 Å². The largest absolute Gasteiger partial charge is 0.478 e. The average Bonchev–Trinajstić information content (AvgIpc) is 3.21. The van der Waals surface area contributed by atoms with Crippen molar-refractivity contribution in [1.82, 2.24) is 9.97 Å². The van der Waals surface area contributed by atoms with Gasteiger partial charge in [-0.05, 0) is 60.4 Å². The van der Waals surface area contributed by atoms with Gasteiger partial charge >= 0.3 is 5.97 Å². The van der Waals surface area contributed by atoms with Crippen LogP contribution in [0.3, 0.4) is 0 Å². The average molecular weight is 473 g/mol. The lowest BCUT2D eigenvalue weighted by Gasteiger charge is -2.05. The number of H-pyrrole nitrogens is 1. The Balaban J connectivity index is 1.84. The van der Waals surface area contributed by atoms with Crippen LogP contribution in [-0.2, 0) is 0 Å². The number of benzene rings is 2. The van der Waals surface area contributed by atoms with Crippen molar-refractivity contribution in [3.05, 3.63) is 119 Å². The summed E-state index contributed by atoms with van der Waals surface area (Å²) < 4.78 is 5.77. The van der Waals surface area contributed by atoms with Crippen LogP contribution in [0, 0.1) is 6.92 Å². The van der Waals surface area contributed by atoms with E-state index >= 15 is 0 Å². The Morgan fingerprint density at radius 2 is 1.91 bits per heavy atom. The van der Waals surface area contributed by atoms with Crippen molar-refractivity contribution < 1.29 is 14.6 Å². The third-order valence-electron chi connectivity index (χ3n) is 5.05. The maximum Gasteiger partial charge on any atom is 0.336 e. The van der Waals surface area contributed by atoms with E-state index in [9.17, 15) is 9.90 Å². The summed E-state index contributed by atoms with van der Waals surface area (Å²) in [5.74, 6) is -0.654. The summed E-state index contributed by atoms with van der Waals surface area (Å²) in [6.07, 6.45) is 11.1.